The third-order valence-corrected chi connectivity index (χ3v) is 3.60. The molecular weight excluding hydrogens is 338 g/mol. The van der Waals surface area contributed by atoms with E-state index in [0.717, 1.165) is 0 Å². The lowest BCUT2D eigenvalue weighted by molar-refractivity contribution is -0.383. The van der Waals surface area contributed by atoms with Gasteiger partial charge in [0.05, 0.1) is 18.6 Å². The fraction of sp³-hybridized carbons (Fsp3) is 0.278. The summed E-state index contributed by atoms with van der Waals surface area (Å²) in [6, 6.07) is 10.6. The molecule has 0 spiro atoms. The Bertz CT molecular complexity index is 794. The molecule has 1 amide bonds. The molecule has 0 saturated carbocycles. The maximum absolute atomic E-state index is 12.4. The van der Waals surface area contributed by atoms with Crippen LogP contribution in [0.5, 0.6) is 11.5 Å². The van der Waals surface area contributed by atoms with Crippen LogP contribution in [-0.4, -0.2) is 30.6 Å². The van der Waals surface area contributed by atoms with Gasteiger partial charge in [0.2, 0.25) is 5.91 Å². The van der Waals surface area contributed by atoms with Crippen LogP contribution in [0.15, 0.2) is 42.5 Å². The molecule has 0 aliphatic carbocycles. The van der Waals surface area contributed by atoms with Gasteiger partial charge in [-0.2, -0.15) is 0 Å². The van der Waals surface area contributed by atoms with E-state index in [0.29, 0.717) is 23.8 Å². The second-order valence-electron chi connectivity index (χ2n) is 5.43. The summed E-state index contributed by atoms with van der Waals surface area (Å²) in [7, 11) is 1.53. The molecule has 8 heteroatoms. The van der Waals surface area contributed by atoms with E-state index in [1.54, 1.807) is 37.3 Å². The Hall–Kier alpha value is -3.29. The molecule has 0 aliphatic heterocycles. The van der Waals surface area contributed by atoms with Crippen molar-refractivity contribution in [2.75, 3.05) is 24.4 Å². The van der Waals surface area contributed by atoms with Crippen LogP contribution in [0, 0.1) is 10.1 Å². The fourth-order valence-electron chi connectivity index (χ4n) is 2.33. The smallest absolute Gasteiger partial charge is 0.292 e. The number of nitro groups is 1. The third kappa shape index (κ3) is 4.62. The second kappa shape index (κ2) is 8.70. The molecule has 0 aromatic heterocycles. The topological polar surface area (TPSA) is 103 Å². The van der Waals surface area contributed by atoms with Crippen molar-refractivity contribution in [1.82, 2.24) is 0 Å². The number of carbonyl (C=O) groups excluding carboxylic acids is 1. The third-order valence-electron chi connectivity index (χ3n) is 3.60. The van der Waals surface area contributed by atoms with Gasteiger partial charge < -0.3 is 20.1 Å². The van der Waals surface area contributed by atoms with Gasteiger partial charge >= 0.3 is 0 Å². The lowest BCUT2D eigenvalue weighted by atomic mass is 10.2. The van der Waals surface area contributed by atoms with E-state index in [9.17, 15) is 14.9 Å². The van der Waals surface area contributed by atoms with Crippen molar-refractivity contribution in [3.8, 4) is 11.5 Å². The highest BCUT2D eigenvalue weighted by molar-refractivity contribution is 5.98. The van der Waals surface area contributed by atoms with Crippen molar-refractivity contribution in [3.63, 3.8) is 0 Å². The zero-order valence-corrected chi connectivity index (χ0v) is 14.8. The number of nitrogens with zero attached hydrogens (tertiary/aromatic N) is 1. The molecule has 138 valence electrons. The van der Waals surface area contributed by atoms with Crippen LogP contribution in [0.25, 0.3) is 0 Å². The highest BCUT2D eigenvalue weighted by Crippen LogP contribution is 2.30. The van der Waals surface area contributed by atoms with Gasteiger partial charge in [-0.05, 0) is 32.0 Å². The van der Waals surface area contributed by atoms with E-state index in [-0.39, 0.29) is 11.4 Å². The van der Waals surface area contributed by atoms with Gasteiger partial charge in [-0.25, -0.2) is 0 Å². The molecule has 0 heterocycles. The summed E-state index contributed by atoms with van der Waals surface area (Å²) in [5, 5.41) is 16.6. The predicted molar refractivity (Wildman–Crippen MR) is 99.0 cm³/mol. The molecule has 2 aromatic carbocycles. The first-order chi connectivity index (χ1) is 12.5. The number of ether oxygens (including phenoxy) is 2. The van der Waals surface area contributed by atoms with Gasteiger partial charge in [-0.3, -0.25) is 14.9 Å². The number of carbonyl (C=O) groups is 1. The first-order valence-electron chi connectivity index (χ1n) is 8.08. The summed E-state index contributed by atoms with van der Waals surface area (Å²) in [6.45, 7) is 4.05. The summed E-state index contributed by atoms with van der Waals surface area (Å²) in [6.07, 6.45) is 0. The number of methoxy groups -OCH3 is 1. The quantitative estimate of drug-likeness (QED) is 0.553. The van der Waals surface area contributed by atoms with E-state index >= 15 is 0 Å². The van der Waals surface area contributed by atoms with Gasteiger partial charge in [-0.1, -0.05) is 12.1 Å². The highest BCUT2D eigenvalue weighted by atomic mass is 16.6. The standard InChI is InChI=1S/C18H21N3O5/c1-4-26-16-10-9-13(11-17(16)25-3)19-12(2)18(22)20-14-7-5-6-8-15(14)21(23)24/h5-12,19H,4H2,1-3H3,(H,20,22)/t12-/m0/s1. The average Bonchev–Trinajstić information content (AvgIpc) is 2.63. The summed E-state index contributed by atoms with van der Waals surface area (Å²) in [5.74, 6) is 0.757. The maximum Gasteiger partial charge on any atom is 0.292 e. The van der Waals surface area contributed by atoms with Crippen LogP contribution in [-0.2, 0) is 4.79 Å². The molecule has 8 nitrogen and oxygen atoms in total. The first kappa shape index (κ1) is 19.0. The van der Waals surface area contributed by atoms with Crippen LogP contribution in [0.2, 0.25) is 0 Å². The number of hydrogen-bond donors (Lipinski definition) is 2. The van der Waals surface area contributed by atoms with Gasteiger partial charge in [0, 0.05) is 17.8 Å². The van der Waals surface area contributed by atoms with E-state index in [2.05, 4.69) is 10.6 Å². The fourth-order valence-corrected chi connectivity index (χ4v) is 2.33. The molecule has 2 aromatic rings. The summed E-state index contributed by atoms with van der Waals surface area (Å²) >= 11 is 0. The number of nitro benzene ring substituents is 1. The molecule has 26 heavy (non-hydrogen) atoms. The molecule has 0 bridgehead atoms. The van der Waals surface area contributed by atoms with Crippen LogP contribution >= 0.6 is 0 Å². The summed E-state index contributed by atoms with van der Waals surface area (Å²) in [4.78, 5) is 22.9. The zero-order chi connectivity index (χ0) is 19.1. The minimum absolute atomic E-state index is 0.153. The summed E-state index contributed by atoms with van der Waals surface area (Å²) < 4.78 is 10.7. The zero-order valence-electron chi connectivity index (χ0n) is 14.8. The van der Waals surface area contributed by atoms with E-state index in [1.807, 2.05) is 6.92 Å². The lowest BCUT2D eigenvalue weighted by Crippen LogP contribution is -2.32. The molecule has 0 aliphatic rings. The largest absolute Gasteiger partial charge is 0.493 e. The van der Waals surface area contributed by atoms with E-state index < -0.39 is 16.9 Å². The molecule has 0 fully saturated rings. The Morgan fingerprint density at radius 3 is 2.62 bits per heavy atom. The Morgan fingerprint density at radius 2 is 1.96 bits per heavy atom. The van der Waals surface area contributed by atoms with Crippen molar-refractivity contribution in [2.24, 2.45) is 0 Å². The van der Waals surface area contributed by atoms with Gasteiger partial charge in [0.15, 0.2) is 11.5 Å². The number of anilines is 2. The SMILES string of the molecule is CCOc1ccc(N[C@@H](C)C(=O)Nc2ccccc2[N+](=O)[O-])cc1OC. The highest BCUT2D eigenvalue weighted by Gasteiger charge is 2.19. The maximum atomic E-state index is 12.4. The summed E-state index contributed by atoms with van der Waals surface area (Å²) in [5.41, 5.74) is 0.659. The van der Waals surface area contributed by atoms with Crippen molar-refractivity contribution in [2.45, 2.75) is 19.9 Å². The minimum Gasteiger partial charge on any atom is -0.493 e. The molecule has 0 saturated heterocycles. The van der Waals surface area contributed by atoms with Gasteiger partial charge in [0.25, 0.3) is 5.69 Å². The minimum atomic E-state index is -0.627. The Balaban J connectivity index is 2.09. The van der Waals surface area contributed by atoms with Crippen molar-refractivity contribution < 1.29 is 19.2 Å². The second-order valence-corrected chi connectivity index (χ2v) is 5.43. The normalized spacial score (nSPS) is 11.3. The number of para-hydroxylation sites is 2. The van der Waals surface area contributed by atoms with Crippen molar-refractivity contribution in [3.05, 3.63) is 52.6 Å². The Morgan fingerprint density at radius 1 is 1.23 bits per heavy atom. The van der Waals surface area contributed by atoms with Crippen LogP contribution in [0.4, 0.5) is 17.1 Å². The lowest BCUT2D eigenvalue weighted by Gasteiger charge is -2.17. The number of rotatable bonds is 8. The number of nitrogens with one attached hydrogen (secondary N) is 2. The Labute approximate surface area is 151 Å². The monoisotopic (exact) mass is 359 g/mol. The number of amides is 1. The van der Waals surface area contributed by atoms with Crippen LogP contribution < -0.4 is 20.1 Å². The molecule has 0 radical (unpaired) electrons. The van der Waals surface area contributed by atoms with Gasteiger partial charge in [0.1, 0.15) is 11.7 Å². The van der Waals surface area contributed by atoms with E-state index in [4.69, 9.17) is 9.47 Å². The predicted octanol–water partition coefficient (Wildman–Crippen LogP) is 3.44. The molecule has 1 atom stereocenters. The molecular formula is C18H21N3O5. The molecule has 2 rings (SSSR count). The number of benzene rings is 2. The van der Waals surface area contributed by atoms with Crippen molar-refractivity contribution in [1.29, 1.82) is 0 Å². The molecule has 0 unspecified atom stereocenters. The van der Waals surface area contributed by atoms with Crippen LogP contribution in [0.1, 0.15) is 13.8 Å². The average molecular weight is 359 g/mol. The van der Waals surface area contributed by atoms with E-state index in [1.165, 1.54) is 19.2 Å². The Kier molecular flexibility index (Phi) is 6.37. The number of hydrogen-bond acceptors (Lipinski definition) is 6. The first-order valence-corrected chi connectivity index (χ1v) is 8.08. The van der Waals surface area contributed by atoms with Gasteiger partial charge in [-0.15, -0.1) is 0 Å². The van der Waals surface area contributed by atoms with Crippen LogP contribution in [0.3, 0.4) is 0 Å². The molecule has 2 N–H and O–H groups in total. The van der Waals surface area contributed by atoms with Crippen molar-refractivity contribution >= 4 is 23.0 Å².